The highest BCUT2D eigenvalue weighted by molar-refractivity contribution is 9.10. The van der Waals surface area contributed by atoms with Gasteiger partial charge in [0.05, 0.1) is 12.2 Å². The van der Waals surface area contributed by atoms with Crippen LogP contribution in [0.1, 0.15) is 25.7 Å². The average molecular weight is 346 g/mol. The first kappa shape index (κ1) is 14.3. The molecule has 0 bridgehead atoms. The Hall–Kier alpha value is -1.07. The van der Waals surface area contributed by atoms with Crippen molar-refractivity contribution in [2.24, 2.45) is 0 Å². The van der Waals surface area contributed by atoms with Crippen LogP contribution in [0.25, 0.3) is 11.5 Å². The Morgan fingerprint density at radius 1 is 1.37 bits per heavy atom. The van der Waals surface area contributed by atoms with Gasteiger partial charge in [-0.2, -0.15) is 0 Å². The Labute approximate surface area is 125 Å². The van der Waals surface area contributed by atoms with Crippen LogP contribution in [0.15, 0.2) is 27.1 Å². The number of rotatable bonds is 6. The third-order valence-corrected chi connectivity index (χ3v) is 3.23. The Morgan fingerprint density at radius 3 is 2.89 bits per heavy atom. The SMILES string of the molecule is CCCCOc1ccc(Br)cc1-c1nnc(CCl)o1. The molecule has 0 radical (unpaired) electrons. The van der Waals surface area contributed by atoms with Gasteiger partial charge in [-0.05, 0) is 24.6 Å². The van der Waals surface area contributed by atoms with Gasteiger partial charge in [-0.15, -0.1) is 21.8 Å². The zero-order valence-corrected chi connectivity index (χ0v) is 12.9. The van der Waals surface area contributed by atoms with Gasteiger partial charge in [-0.25, -0.2) is 0 Å². The molecule has 1 aromatic carbocycles. The fourth-order valence-corrected chi connectivity index (χ4v) is 2.01. The molecule has 102 valence electrons. The van der Waals surface area contributed by atoms with Crippen molar-refractivity contribution < 1.29 is 9.15 Å². The lowest BCUT2D eigenvalue weighted by molar-refractivity contribution is 0.309. The number of halogens is 2. The van der Waals surface area contributed by atoms with E-state index in [0.29, 0.717) is 18.4 Å². The van der Waals surface area contributed by atoms with Crippen LogP contribution in [0.2, 0.25) is 0 Å². The van der Waals surface area contributed by atoms with Crippen LogP contribution in [0, 0.1) is 0 Å². The molecule has 0 N–H and O–H groups in total. The maximum Gasteiger partial charge on any atom is 0.251 e. The summed E-state index contributed by atoms with van der Waals surface area (Å²) in [4.78, 5) is 0. The summed E-state index contributed by atoms with van der Waals surface area (Å²) in [5.41, 5.74) is 0.773. The zero-order valence-electron chi connectivity index (χ0n) is 10.5. The molecule has 1 aromatic heterocycles. The van der Waals surface area contributed by atoms with E-state index in [-0.39, 0.29) is 5.88 Å². The topological polar surface area (TPSA) is 48.2 Å². The lowest BCUT2D eigenvalue weighted by Crippen LogP contribution is -1.98. The first-order valence-corrected chi connectivity index (χ1v) is 7.38. The minimum atomic E-state index is 0.201. The molecule has 6 heteroatoms. The zero-order chi connectivity index (χ0) is 13.7. The highest BCUT2D eigenvalue weighted by atomic mass is 79.9. The Kier molecular flexibility index (Phi) is 5.22. The second-order valence-electron chi connectivity index (χ2n) is 3.98. The molecule has 0 spiro atoms. The third kappa shape index (κ3) is 3.70. The van der Waals surface area contributed by atoms with E-state index >= 15 is 0 Å². The minimum absolute atomic E-state index is 0.201. The van der Waals surface area contributed by atoms with Crippen molar-refractivity contribution in [3.63, 3.8) is 0 Å². The van der Waals surface area contributed by atoms with Crippen molar-refractivity contribution >= 4 is 27.5 Å². The van der Waals surface area contributed by atoms with Crippen LogP contribution in [0.5, 0.6) is 5.75 Å². The lowest BCUT2D eigenvalue weighted by Gasteiger charge is -2.09. The van der Waals surface area contributed by atoms with Gasteiger partial charge in [-0.3, -0.25) is 0 Å². The van der Waals surface area contributed by atoms with Crippen molar-refractivity contribution in [3.05, 3.63) is 28.6 Å². The predicted octanol–water partition coefficient (Wildman–Crippen LogP) is 4.42. The molecule has 0 aliphatic heterocycles. The van der Waals surface area contributed by atoms with Gasteiger partial charge < -0.3 is 9.15 Å². The first-order chi connectivity index (χ1) is 9.24. The number of benzene rings is 1. The van der Waals surface area contributed by atoms with Crippen molar-refractivity contribution in [2.75, 3.05) is 6.61 Å². The van der Waals surface area contributed by atoms with Crippen LogP contribution < -0.4 is 4.74 Å². The number of alkyl halides is 1. The number of ether oxygens (including phenoxy) is 1. The van der Waals surface area contributed by atoms with Gasteiger partial charge in [0.15, 0.2) is 0 Å². The maximum atomic E-state index is 5.75. The summed E-state index contributed by atoms with van der Waals surface area (Å²) in [6.07, 6.45) is 2.09. The van der Waals surface area contributed by atoms with Gasteiger partial charge in [-0.1, -0.05) is 29.3 Å². The normalized spacial score (nSPS) is 10.7. The number of unbranched alkanes of at least 4 members (excludes halogenated alkanes) is 1. The third-order valence-electron chi connectivity index (χ3n) is 2.51. The molecule has 0 atom stereocenters. The van der Waals surface area contributed by atoms with Crippen LogP contribution in [-0.2, 0) is 5.88 Å². The van der Waals surface area contributed by atoms with E-state index in [1.807, 2.05) is 18.2 Å². The number of hydrogen-bond donors (Lipinski definition) is 0. The number of aromatic nitrogens is 2. The summed E-state index contributed by atoms with van der Waals surface area (Å²) in [6, 6.07) is 5.70. The monoisotopic (exact) mass is 344 g/mol. The maximum absolute atomic E-state index is 5.75. The number of hydrogen-bond acceptors (Lipinski definition) is 4. The second kappa shape index (κ2) is 6.91. The summed E-state index contributed by atoms with van der Waals surface area (Å²) < 4.78 is 12.1. The highest BCUT2D eigenvalue weighted by Crippen LogP contribution is 2.32. The second-order valence-corrected chi connectivity index (χ2v) is 5.16. The summed E-state index contributed by atoms with van der Waals surface area (Å²) in [7, 11) is 0. The van der Waals surface area contributed by atoms with Crippen molar-refractivity contribution in [1.29, 1.82) is 0 Å². The van der Waals surface area contributed by atoms with Crippen molar-refractivity contribution in [3.8, 4) is 17.2 Å². The molecule has 2 aromatic rings. The van der Waals surface area contributed by atoms with E-state index in [0.717, 1.165) is 28.6 Å². The summed E-state index contributed by atoms with van der Waals surface area (Å²) in [6.45, 7) is 2.79. The van der Waals surface area contributed by atoms with E-state index in [1.54, 1.807) is 0 Å². The molecule has 0 aliphatic carbocycles. The van der Waals surface area contributed by atoms with Crippen LogP contribution in [0.3, 0.4) is 0 Å². The minimum Gasteiger partial charge on any atom is -0.493 e. The van der Waals surface area contributed by atoms with Gasteiger partial charge in [0, 0.05) is 4.47 Å². The Balaban J connectivity index is 2.28. The Bertz CT molecular complexity index is 545. The molecule has 4 nitrogen and oxygen atoms in total. The van der Waals surface area contributed by atoms with E-state index < -0.39 is 0 Å². The van der Waals surface area contributed by atoms with E-state index in [1.165, 1.54) is 0 Å². The molecule has 0 saturated carbocycles. The van der Waals surface area contributed by atoms with E-state index in [4.69, 9.17) is 20.8 Å². The van der Waals surface area contributed by atoms with Crippen molar-refractivity contribution in [1.82, 2.24) is 10.2 Å². The molecule has 0 saturated heterocycles. The van der Waals surface area contributed by atoms with Gasteiger partial charge >= 0.3 is 0 Å². The molecular formula is C13H14BrClN2O2. The molecule has 19 heavy (non-hydrogen) atoms. The fourth-order valence-electron chi connectivity index (χ4n) is 1.54. The molecular weight excluding hydrogens is 332 g/mol. The quantitative estimate of drug-likeness (QED) is 0.574. The standard InChI is InChI=1S/C13H14BrClN2O2/c1-2-3-6-18-11-5-4-9(14)7-10(11)13-17-16-12(8-15)19-13/h4-5,7H,2-3,6,8H2,1H3. The Morgan fingerprint density at radius 2 is 2.21 bits per heavy atom. The summed E-state index contributed by atoms with van der Waals surface area (Å²) in [5, 5.41) is 7.84. The van der Waals surface area contributed by atoms with Gasteiger partial charge in [0.1, 0.15) is 11.6 Å². The fraction of sp³-hybridized carbons (Fsp3) is 0.385. The molecule has 0 aliphatic rings. The van der Waals surface area contributed by atoms with Crippen LogP contribution >= 0.6 is 27.5 Å². The predicted molar refractivity (Wildman–Crippen MR) is 77.4 cm³/mol. The lowest BCUT2D eigenvalue weighted by atomic mass is 10.2. The highest BCUT2D eigenvalue weighted by Gasteiger charge is 2.14. The van der Waals surface area contributed by atoms with Gasteiger partial charge in [0.25, 0.3) is 5.89 Å². The van der Waals surface area contributed by atoms with Crippen LogP contribution in [-0.4, -0.2) is 16.8 Å². The largest absolute Gasteiger partial charge is 0.493 e. The summed E-state index contributed by atoms with van der Waals surface area (Å²) >= 11 is 9.09. The number of nitrogens with zero attached hydrogens (tertiary/aromatic N) is 2. The van der Waals surface area contributed by atoms with E-state index in [2.05, 4.69) is 33.1 Å². The molecule has 2 rings (SSSR count). The van der Waals surface area contributed by atoms with Crippen LogP contribution in [0.4, 0.5) is 0 Å². The molecule has 1 heterocycles. The average Bonchev–Trinajstić information content (AvgIpc) is 2.89. The first-order valence-electron chi connectivity index (χ1n) is 6.05. The smallest absolute Gasteiger partial charge is 0.251 e. The van der Waals surface area contributed by atoms with Gasteiger partial charge in [0.2, 0.25) is 5.89 Å². The summed E-state index contributed by atoms with van der Waals surface area (Å²) in [5.74, 6) is 1.76. The molecule has 0 unspecified atom stereocenters. The van der Waals surface area contributed by atoms with Crippen molar-refractivity contribution in [2.45, 2.75) is 25.6 Å². The molecule has 0 amide bonds. The van der Waals surface area contributed by atoms with E-state index in [9.17, 15) is 0 Å². The molecule has 0 fully saturated rings.